The molecule has 0 aromatic heterocycles. The lowest BCUT2D eigenvalue weighted by Crippen LogP contribution is -2.46. The monoisotopic (exact) mass is 244 g/mol. The van der Waals surface area contributed by atoms with Crippen molar-refractivity contribution in [2.24, 2.45) is 0 Å². The molecular formula is C16H24N2. The van der Waals surface area contributed by atoms with E-state index in [4.69, 9.17) is 0 Å². The highest BCUT2D eigenvalue weighted by molar-refractivity contribution is 5.28. The van der Waals surface area contributed by atoms with Gasteiger partial charge in [0.05, 0.1) is 0 Å². The van der Waals surface area contributed by atoms with Gasteiger partial charge in [0.2, 0.25) is 0 Å². The molecule has 3 unspecified atom stereocenters. The summed E-state index contributed by atoms with van der Waals surface area (Å²) < 4.78 is 0. The van der Waals surface area contributed by atoms with Gasteiger partial charge in [-0.1, -0.05) is 37.3 Å². The summed E-state index contributed by atoms with van der Waals surface area (Å²) in [5.41, 5.74) is 1.54. The number of likely N-dealkylation sites (tertiary alicyclic amines) is 1. The van der Waals surface area contributed by atoms with Crippen LogP contribution in [0.5, 0.6) is 0 Å². The number of benzene rings is 1. The Kier molecular flexibility index (Phi) is 3.67. The molecule has 0 bridgehead atoms. The first-order valence-corrected chi connectivity index (χ1v) is 7.41. The van der Waals surface area contributed by atoms with Crippen LogP contribution >= 0.6 is 0 Å². The van der Waals surface area contributed by atoms with Crippen LogP contribution in [0.25, 0.3) is 0 Å². The van der Waals surface area contributed by atoms with Crippen molar-refractivity contribution in [1.82, 2.24) is 10.2 Å². The summed E-state index contributed by atoms with van der Waals surface area (Å²) in [5.74, 6) is 0.798. The molecule has 1 heterocycles. The van der Waals surface area contributed by atoms with E-state index >= 15 is 0 Å². The zero-order valence-electron chi connectivity index (χ0n) is 11.3. The fraction of sp³-hybridized carbons (Fsp3) is 0.625. The van der Waals surface area contributed by atoms with E-state index in [1.807, 2.05) is 0 Å². The predicted octanol–water partition coefficient (Wildman–Crippen LogP) is 2.62. The Morgan fingerprint density at radius 1 is 1.28 bits per heavy atom. The molecule has 1 saturated heterocycles. The molecule has 0 radical (unpaired) electrons. The second-order valence-electron chi connectivity index (χ2n) is 5.71. The number of nitrogens with zero attached hydrogens (tertiary/aromatic N) is 1. The smallest absolute Gasteiger partial charge is 0.0195 e. The molecule has 1 aromatic rings. The Balaban J connectivity index is 1.57. The first kappa shape index (κ1) is 12.2. The molecule has 3 atom stereocenters. The van der Waals surface area contributed by atoms with Gasteiger partial charge in [0.25, 0.3) is 0 Å². The number of piperidine rings is 1. The van der Waals surface area contributed by atoms with Crippen LogP contribution in [0.3, 0.4) is 0 Å². The minimum Gasteiger partial charge on any atom is -0.313 e. The van der Waals surface area contributed by atoms with Crippen molar-refractivity contribution in [2.75, 3.05) is 19.6 Å². The Labute approximate surface area is 110 Å². The van der Waals surface area contributed by atoms with Crippen LogP contribution in [-0.2, 0) is 0 Å². The van der Waals surface area contributed by atoms with Crippen molar-refractivity contribution in [3.05, 3.63) is 35.9 Å². The fourth-order valence-corrected chi connectivity index (χ4v) is 3.41. The van der Waals surface area contributed by atoms with Gasteiger partial charge in [-0.3, -0.25) is 4.90 Å². The predicted molar refractivity (Wildman–Crippen MR) is 75.9 cm³/mol. The maximum Gasteiger partial charge on any atom is 0.0195 e. The first-order valence-electron chi connectivity index (χ1n) is 7.41. The molecule has 1 saturated carbocycles. The molecular weight excluding hydrogens is 220 g/mol. The number of nitrogens with one attached hydrogen (secondary N) is 1. The molecule has 2 fully saturated rings. The first-order chi connectivity index (χ1) is 8.88. The van der Waals surface area contributed by atoms with Crippen molar-refractivity contribution in [1.29, 1.82) is 0 Å². The van der Waals surface area contributed by atoms with Gasteiger partial charge in [0.1, 0.15) is 0 Å². The van der Waals surface area contributed by atoms with Crippen LogP contribution in [0.4, 0.5) is 0 Å². The number of hydrogen-bond donors (Lipinski definition) is 1. The third-order valence-corrected chi connectivity index (χ3v) is 4.40. The Morgan fingerprint density at radius 3 is 2.89 bits per heavy atom. The number of likely N-dealkylation sites (N-methyl/N-ethyl adjacent to an activating group) is 1. The van der Waals surface area contributed by atoms with E-state index in [9.17, 15) is 0 Å². The average molecular weight is 244 g/mol. The van der Waals surface area contributed by atoms with Gasteiger partial charge in [-0.15, -0.1) is 0 Å². The van der Waals surface area contributed by atoms with E-state index in [2.05, 4.69) is 47.5 Å². The lowest BCUT2D eigenvalue weighted by molar-refractivity contribution is 0.181. The summed E-state index contributed by atoms with van der Waals surface area (Å²) >= 11 is 0. The van der Waals surface area contributed by atoms with E-state index in [-0.39, 0.29) is 0 Å². The molecule has 3 rings (SSSR count). The van der Waals surface area contributed by atoms with E-state index < -0.39 is 0 Å². The van der Waals surface area contributed by atoms with Crippen LogP contribution in [0, 0.1) is 0 Å². The van der Waals surface area contributed by atoms with Gasteiger partial charge < -0.3 is 5.32 Å². The summed E-state index contributed by atoms with van der Waals surface area (Å²) in [5, 5.41) is 3.61. The molecule has 18 heavy (non-hydrogen) atoms. The molecule has 2 heteroatoms. The van der Waals surface area contributed by atoms with Crippen molar-refractivity contribution < 1.29 is 0 Å². The van der Waals surface area contributed by atoms with Crippen LogP contribution in [0.2, 0.25) is 0 Å². The molecule has 1 aliphatic heterocycles. The van der Waals surface area contributed by atoms with Crippen LogP contribution in [0.15, 0.2) is 30.3 Å². The maximum absolute atomic E-state index is 3.61. The Hall–Kier alpha value is -0.860. The summed E-state index contributed by atoms with van der Waals surface area (Å²) in [7, 11) is 0. The van der Waals surface area contributed by atoms with Crippen molar-refractivity contribution >= 4 is 0 Å². The van der Waals surface area contributed by atoms with E-state index in [1.165, 1.54) is 37.9 Å². The lowest BCUT2D eigenvalue weighted by Gasteiger charge is -2.33. The van der Waals surface area contributed by atoms with Gasteiger partial charge >= 0.3 is 0 Å². The lowest BCUT2D eigenvalue weighted by atomic mass is 10.0. The molecule has 2 aliphatic rings. The third kappa shape index (κ3) is 2.60. The fourth-order valence-electron chi connectivity index (χ4n) is 3.41. The van der Waals surface area contributed by atoms with Gasteiger partial charge in [-0.2, -0.15) is 0 Å². The molecule has 1 aliphatic carbocycles. The minimum atomic E-state index is 0.723. The standard InChI is InChI=1S/C16H24N2/c1-2-17-14-9-6-10-18(12-14)16-11-15(16)13-7-4-3-5-8-13/h3-5,7-8,14-17H,2,6,9-12H2,1H3. The van der Waals surface area contributed by atoms with Gasteiger partial charge in [0, 0.05) is 24.5 Å². The zero-order valence-corrected chi connectivity index (χ0v) is 11.3. The second-order valence-corrected chi connectivity index (χ2v) is 5.71. The summed E-state index contributed by atoms with van der Waals surface area (Å²) in [6, 6.07) is 12.6. The van der Waals surface area contributed by atoms with Gasteiger partial charge in [-0.25, -0.2) is 0 Å². The molecule has 0 amide bonds. The Morgan fingerprint density at radius 2 is 2.11 bits per heavy atom. The largest absolute Gasteiger partial charge is 0.313 e. The molecule has 1 N–H and O–H groups in total. The molecule has 0 spiro atoms. The van der Waals surface area contributed by atoms with E-state index in [1.54, 1.807) is 0 Å². The molecule has 1 aromatic carbocycles. The SMILES string of the molecule is CCNC1CCCN(C2CC2c2ccccc2)C1. The second kappa shape index (κ2) is 5.41. The third-order valence-electron chi connectivity index (χ3n) is 4.40. The van der Waals surface area contributed by atoms with Gasteiger partial charge in [0.15, 0.2) is 0 Å². The van der Waals surface area contributed by atoms with Gasteiger partial charge in [-0.05, 0) is 37.9 Å². The average Bonchev–Trinajstić information content (AvgIpc) is 3.21. The summed E-state index contributed by atoms with van der Waals surface area (Å²) in [6.45, 7) is 5.87. The van der Waals surface area contributed by atoms with E-state index in [0.29, 0.717) is 0 Å². The number of hydrogen-bond acceptors (Lipinski definition) is 2. The quantitative estimate of drug-likeness (QED) is 0.876. The van der Waals surface area contributed by atoms with Crippen LogP contribution in [0.1, 0.15) is 37.7 Å². The highest BCUT2D eigenvalue weighted by Crippen LogP contribution is 2.45. The van der Waals surface area contributed by atoms with E-state index in [0.717, 1.165) is 24.5 Å². The zero-order chi connectivity index (χ0) is 12.4. The normalized spacial score (nSPS) is 32.4. The topological polar surface area (TPSA) is 15.3 Å². The summed E-state index contributed by atoms with van der Waals surface area (Å²) in [4.78, 5) is 2.72. The maximum atomic E-state index is 3.61. The highest BCUT2D eigenvalue weighted by Gasteiger charge is 2.43. The Bertz CT molecular complexity index is 374. The summed E-state index contributed by atoms with van der Waals surface area (Å²) in [6.07, 6.45) is 4.07. The number of rotatable bonds is 4. The van der Waals surface area contributed by atoms with Crippen molar-refractivity contribution in [2.45, 2.75) is 44.2 Å². The minimum absolute atomic E-state index is 0.723. The van der Waals surface area contributed by atoms with Crippen molar-refractivity contribution in [3.63, 3.8) is 0 Å². The molecule has 98 valence electrons. The van der Waals surface area contributed by atoms with Crippen molar-refractivity contribution in [3.8, 4) is 0 Å². The molecule has 2 nitrogen and oxygen atoms in total. The van der Waals surface area contributed by atoms with Crippen LogP contribution < -0.4 is 5.32 Å². The van der Waals surface area contributed by atoms with Crippen LogP contribution in [-0.4, -0.2) is 36.6 Å². The highest BCUT2D eigenvalue weighted by atomic mass is 15.2.